The largest absolute Gasteiger partial charge is 0.340 e. The van der Waals surface area contributed by atoms with Crippen LogP contribution in [-0.2, 0) is 24.2 Å². The van der Waals surface area contributed by atoms with Gasteiger partial charge in [-0.25, -0.2) is 9.61 Å². The van der Waals surface area contributed by atoms with Gasteiger partial charge in [0.25, 0.3) is 5.56 Å². The molecule has 1 aliphatic rings. The fourth-order valence-electron chi connectivity index (χ4n) is 3.08. The Morgan fingerprint density at radius 1 is 1.28 bits per heavy atom. The van der Waals surface area contributed by atoms with Crippen molar-refractivity contribution in [3.63, 3.8) is 0 Å². The molecule has 8 nitrogen and oxygen atoms in total. The standard InChI is InChI=1S/C16H17N5O3S/c1-9-7-11-15(25-9)17-13-3-4-20(5-6-21(13)16(11)23)14(22)8-12-10(2)18-24-19-12/h7H,3-6,8H2,1-2H3. The average molecular weight is 359 g/mol. The maximum absolute atomic E-state index is 12.7. The highest BCUT2D eigenvalue weighted by atomic mass is 32.1. The molecule has 0 spiro atoms. The quantitative estimate of drug-likeness (QED) is 0.680. The van der Waals surface area contributed by atoms with Crippen molar-refractivity contribution in [1.82, 2.24) is 24.8 Å². The average Bonchev–Trinajstić information content (AvgIpc) is 3.07. The molecule has 25 heavy (non-hydrogen) atoms. The minimum absolute atomic E-state index is 0.0183. The van der Waals surface area contributed by atoms with Crippen LogP contribution >= 0.6 is 11.3 Å². The molecule has 0 N–H and O–H groups in total. The van der Waals surface area contributed by atoms with Gasteiger partial charge < -0.3 is 4.90 Å². The van der Waals surface area contributed by atoms with E-state index in [1.807, 2.05) is 13.0 Å². The number of carbonyl (C=O) groups is 1. The van der Waals surface area contributed by atoms with E-state index in [4.69, 9.17) is 0 Å². The summed E-state index contributed by atoms with van der Waals surface area (Å²) < 4.78 is 6.34. The summed E-state index contributed by atoms with van der Waals surface area (Å²) >= 11 is 1.53. The smallest absolute Gasteiger partial charge is 0.262 e. The molecule has 0 fully saturated rings. The van der Waals surface area contributed by atoms with Crippen molar-refractivity contribution in [3.8, 4) is 0 Å². The Labute approximate surface area is 147 Å². The number of aryl methyl sites for hydroxylation is 2. The number of carbonyl (C=O) groups excluding carboxylic acids is 1. The van der Waals surface area contributed by atoms with Crippen LogP contribution in [0, 0.1) is 13.8 Å². The zero-order chi connectivity index (χ0) is 17.6. The lowest BCUT2D eigenvalue weighted by atomic mass is 10.2. The molecule has 3 aromatic heterocycles. The van der Waals surface area contributed by atoms with Crippen LogP contribution in [-0.4, -0.2) is 43.8 Å². The molecular formula is C16H17N5O3S. The van der Waals surface area contributed by atoms with Crippen LogP contribution in [0.5, 0.6) is 0 Å². The highest BCUT2D eigenvalue weighted by Gasteiger charge is 2.23. The SMILES string of the molecule is Cc1cc2c(=O)n3c(nc2s1)CCN(C(=O)Cc1nonc1C)CC3. The number of amides is 1. The maximum atomic E-state index is 12.7. The minimum Gasteiger partial charge on any atom is -0.340 e. The molecule has 4 rings (SSSR count). The van der Waals surface area contributed by atoms with Crippen LogP contribution in [0.15, 0.2) is 15.5 Å². The highest BCUT2D eigenvalue weighted by molar-refractivity contribution is 7.18. The maximum Gasteiger partial charge on any atom is 0.262 e. The third-order valence-electron chi connectivity index (χ3n) is 4.47. The van der Waals surface area contributed by atoms with Gasteiger partial charge in [-0.05, 0) is 19.9 Å². The second-order valence-corrected chi connectivity index (χ2v) is 7.40. The topological polar surface area (TPSA) is 94.1 Å². The number of hydrogen-bond donors (Lipinski definition) is 0. The number of nitrogens with zero attached hydrogens (tertiary/aromatic N) is 5. The summed E-state index contributed by atoms with van der Waals surface area (Å²) in [6.45, 7) is 5.20. The van der Waals surface area contributed by atoms with E-state index >= 15 is 0 Å². The van der Waals surface area contributed by atoms with Gasteiger partial charge in [0, 0.05) is 30.9 Å². The minimum atomic E-state index is -0.0442. The number of rotatable bonds is 2. The first kappa shape index (κ1) is 15.9. The van der Waals surface area contributed by atoms with Gasteiger partial charge in [0.2, 0.25) is 5.91 Å². The van der Waals surface area contributed by atoms with Crippen LogP contribution in [0.1, 0.15) is 22.1 Å². The number of hydrogen-bond acceptors (Lipinski definition) is 7. The third kappa shape index (κ3) is 2.84. The predicted molar refractivity (Wildman–Crippen MR) is 91.6 cm³/mol. The summed E-state index contributed by atoms with van der Waals surface area (Å²) in [5.41, 5.74) is 1.16. The Morgan fingerprint density at radius 3 is 2.88 bits per heavy atom. The van der Waals surface area contributed by atoms with Crippen molar-refractivity contribution in [2.24, 2.45) is 0 Å². The van der Waals surface area contributed by atoms with E-state index in [9.17, 15) is 9.59 Å². The summed E-state index contributed by atoms with van der Waals surface area (Å²) in [5, 5.41) is 8.13. The van der Waals surface area contributed by atoms with Crippen molar-refractivity contribution < 1.29 is 9.42 Å². The monoisotopic (exact) mass is 359 g/mol. The van der Waals surface area contributed by atoms with Gasteiger partial charge in [0.1, 0.15) is 22.0 Å². The summed E-state index contributed by atoms with van der Waals surface area (Å²) in [5.74, 6) is 0.700. The van der Waals surface area contributed by atoms with Gasteiger partial charge in [-0.15, -0.1) is 11.3 Å². The summed E-state index contributed by atoms with van der Waals surface area (Å²) in [6, 6.07) is 1.89. The Bertz CT molecular complexity index is 1020. The Balaban J connectivity index is 1.57. The molecule has 4 heterocycles. The normalized spacial score (nSPS) is 14.6. The van der Waals surface area contributed by atoms with E-state index in [1.54, 1.807) is 16.4 Å². The van der Waals surface area contributed by atoms with Crippen LogP contribution in [0.4, 0.5) is 0 Å². The Hall–Kier alpha value is -2.55. The molecular weight excluding hydrogens is 342 g/mol. The van der Waals surface area contributed by atoms with Crippen LogP contribution < -0.4 is 5.56 Å². The second-order valence-electron chi connectivity index (χ2n) is 6.16. The van der Waals surface area contributed by atoms with E-state index in [2.05, 4.69) is 19.9 Å². The number of fused-ring (bicyclic) bond motifs is 2. The van der Waals surface area contributed by atoms with Gasteiger partial charge >= 0.3 is 0 Å². The number of thiophene rings is 1. The van der Waals surface area contributed by atoms with E-state index in [-0.39, 0.29) is 17.9 Å². The lowest BCUT2D eigenvalue weighted by Gasteiger charge is -2.19. The van der Waals surface area contributed by atoms with Crippen LogP contribution in [0.3, 0.4) is 0 Å². The van der Waals surface area contributed by atoms with Gasteiger partial charge in [-0.1, -0.05) is 10.3 Å². The third-order valence-corrected chi connectivity index (χ3v) is 5.41. The lowest BCUT2D eigenvalue weighted by Crippen LogP contribution is -2.35. The van der Waals surface area contributed by atoms with Gasteiger partial charge in [0.15, 0.2) is 0 Å². The molecule has 0 radical (unpaired) electrons. The van der Waals surface area contributed by atoms with Crippen LogP contribution in [0.25, 0.3) is 10.2 Å². The lowest BCUT2D eigenvalue weighted by molar-refractivity contribution is -0.130. The van der Waals surface area contributed by atoms with Crippen molar-refractivity contribution in [2.45, 2.75) is 33.2 Å². The summed E-state index contributed by atoms with van der Waals surface area (Å²) in [6.07, 6.45) is 0.714. The molecule has 0 saturated heterocycles. The Kier molecular flexibility index (Phi) is 3.87. The molecule has 0 unspecified atom stereocenters. The molecule has 0 saturated carbocycles. The molecule has 0 bridgehead atoms. The fraction of sp³-hybridized carbons (Fsp3) is 0.438. The molecule has 3 aromatic rings. The summed E-state index contributed by atoms with van der Waals surface area (Å²) in [7, 11) is 0. The molecule has 0 aliphatic carbocycles. The highest BCUT2D eigenvalue weighted by Crippen LogP contribution is 2.21. The van der Waals surface area contributed by atoms with Gasteiger partial charge in [-0.2, -0.15) is 0 Å². The fourth-order valence-corrected chi connectivity index (χ4v) is 3.97. The molecule has 1 aliphatic heterocycles. The molecule has 9 heteroatoms. The van der Waals surface area contributed by atoms with Crippen molar-refractivity contribution >= 4 is 27.5 Å². The second kappa shape index (κ2) is 6.07. The first-order chi connectivity index (χ1) is 12.0. The van der Waals surface area contributed by atoms with Crippen molar-refractivity contribution in [3.05, 3.63) is 38.5 Å². The van der Waals surface area contributed by atoms with E-state index in [0.717, 1.165) is 15.5 Å². The molecule has 1 amide bonds. The molecule has 0 atom stereocenters. The number of aromatic nitrogens is 4. The van der Waals surface area contributed by atoms with E-state index in [0.29, 0.717) is 42.8 Å². The van der Waals surface area contributed by atoms with Crippen LogP contribution in [0.2, 0.25) is 0 Å². The zero-order valence-corrected chi connectivity index (χ0v) is 14.8. The first-order valence-electron chi connectivity index (χ1n) is 8.08. The molecule has 0 aromatic carbocycles. The zero-order valence-electron chi connectivity index (χ0n) is 14.0. The first-order valence-corrected chi connectivity index (χ1v) is 8.90. The summed E-state index contributed by atoms with van der Waals surface area (Å²) in [4.78, 5) is 33.5. The Morgan fingerprint density at radius 2 is 2.12 bits per heavy atom. The van der Waals surface area contributed by atoms with Gasteiger partial charge in [-0.3, -0.25) is 14.2 Å². The molecule has 130 valence electrons. The van der Waals surface area contributed by atoms with E-state index < -0.39 is 0 Å². The predicted octanol–water partition coefficient (Wildman–Crippen LogP) is 1.09. The van der Waals surface area contributed by atoms with Crippen molar-refractivity contribution in [1.29, 1.82) is 0 Å². The van der Waals surface area contributed by atoms with Gasteiger partial charge in [0.05, 0.1) is 11.8 Å². The van der Waals surface area contributed by atoms with E-state index in [1.165, 1.54) is 11.3 Å². The van der Waals surface area contributed by atoms with Crippen molar-refractivity contribution in [2.75, 3.05) is 13.1 Å².